The number of rotatable bonds is 5. The number of nitrogens with zero attached hydrogens (tertiary/aromatic N) is 2. The molecule has 2 aromatic rings. The standard InChI is InChI=1S/C21H27N5O3/c1-14-17(8-5-9-18(14)26-10-11-29-21(26)28)22-20(27)23-19-13-16(24-25-19)12-15-6-3-2-4-7-15/h5,8-9,13,15H,2-4,6-7,10-12H2,1H3,(H3,22,23,24,25,27). The molecule has 0 atom stereocenters. The molecule has 0 bridgehead atoms. The normalized spacial score (nSPS) is 17.3. The summed E-state index contributed by atoms with van der Waals surface area (Å²) in [6.07, 6.45) is 7.09. The molecular formula is C21H27N5O3. The van der Waals surface area contributed by atoms with Crippen LogP contribution < -0.4 is 15.5 Å². The SMILES string of the molecule is Cc1c(NC(=O)Nc2cc(CC3CCCCC3)[nH]n2)cccc1N1CCOC1=O. The minimum Gasteiger partial charge on any atom is -0.447 e. The first-order valence-electron chi connectivity index (χ1n) is 10.3. The molecule has 0 unspecified atom stereocenters. The van der Waals surface area contributed by atoms with Crippen LogP contribution >= 0.6 is 0 Å². The van der Waals surface area contributed by atoms with E-state index < -0.39 is 0 Å². The number of benzene rings is 1. The Morgan fingerprint density at radius 2 is 2.10 bits per heavy atom. The van der Waals surface area contributed by atoms with Crippen molar-refractivity contribution in [3.05, 3.63) is 35.5 Å². The van der Waals surface area contributed by atoms with E-state index in [1.807, 2.05) is 19.1 Å². The average molecular weight is 397 g/mol. The van der Waals surface area contributed by atoms with E-state index in [2.05, 4.69) is 20.8 Å². The molecule has 1 aromatic carbocycles. The topological polar surface area (TPSA) is 99.3 Å². The minimum atomic E-state index is -0.370. The summed E-state index contributed by atoms with van der Waals surface area (Å²) in [6.45, 7) is 2.75. The molecule has 2 aliphatic rings. The van der Waals surface area contributed by atoms with Crippen LogP contribution in [0.5, 0.6) is 0 Å². The highest BCUT2D eigenvalue weighted by molar-refractivity contribution is 6.01. The van der Waals surface area contributed by atoms with Gasteiger partial charge in [0.2, 0.25) is 0 Å². The molecule has 4 rings (SSSR count). The van der Waals surface area contributed by atoms with Crippen LogP contribution in [-0.4, -0.2) is 35.5 Å². The first-order valence-corrected chi connectivity index (χ1v) is 10.3. The van der Waals surface area contributed by atoms with E-state index in [-0.39, 0.29) is 12.1 Å². The summed E-state index contributed by atoms with van der Waals surface area (Å²) in [5.41, 5.74) is 3.23. The average Bonchev–Trinajstić information content (AvgIpc) is 3.33. The van der Waals surface area contributed by atoms with Gasteiger partial charge in [-0.05, 0) is 37.0 Å². The Morgan fingerprint density at radius 3 is 2.86 bits per heavy atom. The fourth-order valence-electron chi connectivity index (χ4n) is 4.17. The molecule has 1 aliphatic carbocycles. The van der Waals surface area contributed by atoms with Gasteiger partial charge in [-0.1, -0.05) is 38.2 Å². The van der Waals surface area contributed by atoms with Crippen molar-refractivity contribution in [3.8, 4) is 0 Å². The fraction of sp³-hybridized carbons (Fsp3) is 0.476. The van der Waals surface area contributed by atoms with E-state index in [0.29, 0.717) is 30.6 Å². The number of ether oxygens (including phenoxy) is 1. The molecule has 1 aromatic heterocycles. The number of cyclic esters (lactones) is 1. The number of nitrogens with one attached hydrogen (secondary N) is 3. The van der Waals surface area contributed by atoms with Gasteiger partial charge in [-0.25, -0.2) is 9.59 Å². The first-order chi connectivity index (χ1) is 14.1. The summed E-state index contributed by atoms with van der Waals surface area (Å²) >= 11 is 0. The largest absolute Gasteiger partial charge is 0.447 e. The highest BCUT2D eigenvalue weighted by Crippen LogP contribution is 2.29. The van der Waals surface area contributed by atoms with E-state index in [9.17, 15) is 9.59 Å². The molecule has 2 heterocycles. The molecule has 1 saturated carbocycles. The third-order valence-electron chi connectivity index (χ3n) is 5.71. The summed E-state index contributed by atoms with van der Waals surface area (Å²) in [6, 6.07) is 6.98. The van der Waals surface area contributed by atoms with E-state index in [4.69, 9.17) is 4.74 Å². The van der Waals surface area contributed by atoms with Crippen molar-refractivity contribution in [1.29, 1.82) is 0 Å². The second kappa shape index (κ2) is 8.55. The zero-order valence-corrected chi connectivity index (χ0v) is 16.7. The Kier molecular flexibility index (Phi) is 5.69. The van der Waals surface area contributed by atoms with Crippen LogP contribution in [0.15, 0.2) is 24.3 Å². The number of carbonyl (C=O) groups is 2. The molecular weight excluding hydrogens is 370 g/mol. The summed E-state index contributed by atoms with van der Waals surface area (Å²) in [5.74, 6) is 1.21. The van der Waals surface area contributed by atoms with Gasteiger partial charge in [0.05, 0.1) is 12.2 Å². The smallest absolute Gasteiger partial charge is 0.414 e. The Hall–Kier alpha value is -3.03. The second-order valence-electron chi connectivity index (χ2n) is 7.78. The van der Waals surface area contributed by atoms with Crippen LogP contribution in [0.25, 0.3) is 0 Å². The molecule has 2 fully saturated rings. The summed E-state index contributed by atoms with van der Waals surface area (Å²) in [4.78, 5) is 25.9. The molecule has 1 aliphatic heterocycles. The Bertz CT molecular complexity index is 888. The summed E-state index contributed by atoms with van der Waals surface area (Å²) in [5, 5.41) is 12.9. The van der Waals surface area contributed by atoms with Gasteiger partial charge in [0.1, 0.15) is 6.61 Å². The number of hydrogen-bond donors (Lipinski definition) is 3. The van der Waals surface area contributed by atoms with Crippen molar-refractivity contribution in [1.82, 2.24) is 10.2 Å². The molecule has 0 spiro atoms. The number of amides is 3. The number of hydrogen-bond acceptors (Lipinski definition) is 4. The lowest BCUT2D eigenvalue weighted by Crippen LogP contribution is -2.25. The molecule has 0 radical (unpaired) electrons. The molecule has 3 amide bonds. The maximum atomic E-state index is 12.4. The number of aromatic amines is 1. The van der Waals surface area contributed by atoms with Crippen LogP contribution in [0.3, 0.4) is 0 Å². The van der Waals surface area contributed by atoms with E-state index >= 15 is 0 Å². The summed E-state index contributed by atoms with van der Waals surface area (Å²) in [7, 11) is 0. The highest BCUT2D eigenvalue weighted by Gasteiger charge is 2.25. The maximum Gasteiger partial charge on any atom is 0.414 e. The van der Waals surface area contributed by atoms with E-state index in [1.165, 1.54) is 32.1 Å². The molecule has 1 saturated heterocycles. The van der Waals surface area contributed by atoms with Crippen molar-refractivity contribution < 1.29 is 14.3 Å². The zero-order chi connectivity index (χ0) is 20.2. The van der Waals surface area contributed by atoms with Gasteiger partial charge in [0.15, 0.2) is 5.82 Å². The number of urea groups is 1. The molecule has 8 heteroatoms. The number of aromatic nitrogens is 2. The predicted octanol–water partition coefficient (Wildman–Crippen LogP) is 4.44. The fourth-order valence-corrected chi connectivity index (χ4v) is 4.17. The maximum absolute atomic E-state index is 12.4. The van der Waals surface area contributed by atoms with Gasteiger partial charge in [0.25, 0.3) is 0 Å². The van der Waals surface area contributed by atoms with Crippen LogP contribution in [0, 0.1) is 12.8 Å². The van der Waals surface area contributed by atoms with Gasteiger partial charge in [-0.2, -0.15) is 5.10 Å². The van der Waals surface area contributed by atoms with Crippen LogP contribution in [-0.2, 0) is 11.2 Å². The Balaban J connectivity index is 1.37. The van der Waals surface area contributed by atoms with E-state index in [0.717, 1.165) is 23.4 Å². The lowest BCUT2D eigenvalue weighted by Gasteiger charge is -2.20. The molecule has 154 valence electrons. The van der Waals surface area contributed by atoms with Crippen molar-refractivity contribution in [3.63, 3.8) is 0 Å². The van der Waals surface area contributed by atoms with Gasteiger partial charge < -0.3 is 10.1 Å². The predicted molar refractivity (Wildman–Crippen MR) is 111 cm³/mol. The third-order valence-corrected chi connectivity index (χ3v) is 5.71. The zero-order valence-electron chi connectivity index (χ0n) is 16.7. The van der Waals surface area contributed by atoms with Gasteiger partial charge in [-0.15, -0.1) is 0 Å². The van der Waals surface area contributed by atoms with Crippen molar-refractivity contribution >= 4 is 29.3 Å². The first kappa shape index (κ1) is 19.3. The quantitative estimate of drug-likeness (QED) is 0.694. The lowest BCUT2D eigenvalue weighted by atomic mass is 9.86. The molecule has 3 N–H and O–H groups in total. The van der Waals surface area contributed by atoms with Crippen molar-refractivity contribution in [2.45, 2.75) is 45.4 Å². The monoisotopic (exact) mass is 397 g/mol. The van der Waals surface area contributed by atoms with Crippen LogP contribution in [0.1, 0.15) is 43.4 Å². The Morgan fingerprint density at radius 1 is 1.28 bits per heavy atom. The number of carbonyl (C=O) groups excluding carboxylic acids is 2. The van der Waals surface area contributed by atoms with Crippen molar-refractivity contribution in [2.75, 3.05) is 28.7 Å². The van der Waals surface area contributed by atoms with Crippen molar-refractivity contribution in [2.24, 2.45) is 5.92 Å². The number of H-pyrrole nitrogens is 1. The Labute approximate surface area is 170 Å². The third kappa shape index (κ3) is 4.52. The second-order valence-corrected chi connectivity index (χ2v) is 7.78. The number of anilines is 3. The van der Waals surface area contributed by atoms with Gasteiger partial charge in [-0.3, -0.25) is 15.3 Å². The molecule has 8 nitrogen and oxygen atoms in total. The highest BCUT2D eigenvalue weighted by atomic mass is 16.6. The van der Waals surface area contributed by atoms with Gasteiger partial charge >= 0.3 is 12.1 Å². The van der Waals surface area contributed by atoms with Crippen LogP contribution in [0.4, 0.5) is 26.8 Å². The van der Waals surface area contributed by atoms with E-state index in [1.54, 1.807) is 17.0 Å². The molecule has 29 heavy (non-hydrogen) atoms. The lowest BCUT2D eigenvalue weighted by molar-refractivity contribution is 0.181. The van der Waals surface area contributed by atoms with Gasteiger partial charge in [0, 0.05) is 17.4 Å². The van der Waals surface area contributed by atoms with Crippen LogP contribution in [0.2, 0.25) is 0 Å². The summed E-state index contributed by atoms with van der Waals surface area (Å²) < 4.78 is 5.01. The minimum absolute atomic E-state index is 0.364.